The smallest absolute Gasteiger partial charge is 0.320 e. The number of Topliss-reactive ketones (excluding diaryl/α,β-unsaturated/α-hetero) is 1. The quantitative estimate of drug-likeness (QED) is 0.0786. The van der Waals surface area contributed by atoms with Gasteiger partial charge in [0.05, 0.1) is 6.42 Å². The van der Waals surface area contributed by atoms with Gasteiger partial charge in [-0.2, -0.15) is 0 Å². The fraction of sp³-hybridized carbons (Fsp3) is 0.760. The highest BCUT2D eigenvalue weighted by atomic mass is 16.5. The van der Waals surface area contributed by atoms with Gasteiger partial charge < -0.3 is 30.5 Å². The second-order valence-corrected chi connectivity index (χ2v) is 8.75. The van der Waals surface area contributed by atoms with E-state index in [4.69, 9.17) is 9.84 Å². The van der Waals surface area contributed by atoms with E-state index in [0.29, 0.717) is 44.4 Å². The Bertz CT molecular complexity index is 688. The molecule has 0 aliphatic rings. The SMILES string of the molecule is CCCCCC(=O)CCCCCCC(=O)NCCCC[C@H](NC(=O)N[C@@H](CCC(=O)O)OC=O)OC=O. The lowest BCUT2D eigenvalue weighted by Crippen LogP contribution is -2.48. The van der Waals surface area contributed by atoms with Gasteiger partial charge in [-0.1, -0.05) is 32.6 Å². The zero-order valence-electron chi connectivity index (χ0n) is 21.8. The van der Waals surface area contributed by atoms with Crippen LogP contribution in [0.5, 0.6) is 0 Å². The number of amides is 3. The number of unbranched alkanes of at least 4 members (excludes halogenated alkanes) is 6. The second kappa shape index (κ2) is 23.2. The van der Waals surface area contributed by atoms with Crippen LogP contribution in [-0.4, -0.2) is 60.7 Å². The van der Waals surface area contributed by atoms with E-state index in [1.807, 2.05) is 0 Å². The molecule has 0 heterocycles. The Balaban J connectivity index is 3.98. The fourth-order valence-electron chi connectivity index (χ4n) is 3.50. The van der Waals surface area contributed by atoms with Gasteiger partial charge in [0.25, 0.3) is 12.9 Å². The van der Waals surface area contributed by atoms with E-state index >= 15 is 0 Å². The Morgan fingerprint density at radius 2 is 1.30 bits per heavy atom. The molecule has 3 amide bonds. The van der Waals surface area contributed by atoms with Gasteiger partial charge in [0, 0.05) is 38.6 Å². The highest BCUT2D eigenvalue weighted by Gasteiger charge is 2.18. The summed E-state index contributed by atoms with van der Waals surface area (Å²) < 4.78 is 9.47. The molecule has 37 heavy (non-hydrogen) atoms. The van der Waals surface area contributed by atoms with Gasteiger partial charge in [0.2, 0.25) is 5.91 Å². The summed E-state index contributed by atoms with van der Waals surface area (Å²) >= 11 is 0. The molecule has 0 saturated carbocycles. The van der Waals surface area contributed by atoms with Crippen LogP contribution in [0.4, 0.5) is 4.79 Å². The first-order valence-corrected chi connectivity index (χ1v) is 13.1. The average molecular weight is 530 g/mol. The average Bonchev–Trinajstić information content (AvgIpc) is 2.84. The summed E-state index contributed by atoms with van der Waals surface area (Å²) in [7, 11) is 0. The number of carboxylic acids is 1. The number of nitrogens with one attached hydrogen (secondary N) is 3. The minimum Gasteiger partial charge on any atom is -0.481 e. The Labute approximate surface area is 218 Å². The molecule has 4 N–H and O–H groups in total. The zero-order chi connectivity index (χ0) is 27.7. The molecular weight excluding hydrogens is 486 g/mol. The van der Waals surface area contributed by atoms with Gasteiger partial charge in [-0.05, 0) is 32.1 Å². The second-order valence-electron chi connectivity index (χ2n) is 8.75. The van der Waals surface area contributed by atoms with Crippen LogP contribution in [0.1, 0.15) is 103 Å². The third-order valence-corrected chi connectivity index (χ3v) is 5.53. The maximum Gasteiger partial charge on any atom is 0.320 e. The third kappa shape index (κ3) is 21.8. The summed E-state index contributed by atoms with van der Waals surface area (Å²) in [6.45, 7) is 2.84. The van der Waals surface area contributed by atoms with Crippen LogP contribution in [0.15, 0.2) is 0 Å². The van der Waals surface area contributed by atoms with E-state index in [-0.39, 0.29) is 38.1 Å². The summed E-state index contributed by atoms with van der Waals surface area (Å²) in [5.41, 5.74) is 0. The molecule has 212 valence electrons. The largest absolute Gasteiger partial charge is 0.481 e. The lowest BCUT2D eigenvalue weighted by atomic mass is 10.0. The van der Waals surface area contributed by atoms with Crippen molar-refractivity contribution in [1.82, 2.24) is 16.0 Å². The number of ether oxygens (including phenoxy) is 2. The van der Waals surface area contributed by atoms with E-state index in [2.05, 4.69) is 27.6 Å². The van der Waals surface area contributed by atoms with E-state index in [1.165, 1.54) is 0 Å². The summed E-state index contributed by atoms with van der Waals surface area (Å²) in [5, 5.41) is 16.2. The van der Waals surface area contributed by atoms with Crippen molar-refractivity contribution in [2.24, 2.45) is 0 Å². The van der Waals surface area contributed by atoms with Gasteiger partial charge in [0.1, 0.15) is 5.78 Å². The molecule has 0 saturated heterocycles. The molecule has 0 aliphatic heterocycles. The van der Waals surface area contributed by atoms with Gasteiger partial charge in [-0.3, -0.25) is 24.0 Å². The lowest BCUT2D eigenvalue weighted by molar-refractivity contribution is -0.141. The van der Waals surface area contributed by atoms with Crippen LogP contribution in [0, 0.1) is 0 Å². The molecule has 12 heteroatoms. The Hall–Kier alpha value is -3.18. The van der Waals surface area contributed by atoms with Crippen LogP contribution >= 0.6 is 0 Å². The predicted octanol–water partition coefficient (Wildman–Crippen LogP) is 2.93. The maximum atomic E-state index is 12.1. The standard InChI is InChI=1S/C25H43N3O9/c1-2-3-6-11-20(31)12-7-4-5-8-13-21(32)26-17-10-9-14-22(36-18-29)27-25(35)28-23(37-19-30)15-16-24(33)34/h18-19,22-23H,2-17H2,1H3,(H,26,32)(H,33,34)(H2,27,28,35)/t22-,23-/m1/s1. The molecule has 0 aromatic rings. The monoisotopic (exact) mass is 529 g/mol. The molecular formula is C25H43N3O9. The van der Waals surface area contributed by atoms with Gasteiger partial charge >= 0.3 is 12.0 Å². The van der Waals surface area contributed by atoms with Gasteiger partial charge in [-0.25, -0.2) is 4.79 Å². The minimum absolute atomic E-state index is 0.0450. The van der Waals surface area contributed by atoms with E-state index in [0.717, 1.165) is 44.9 Å². The number of rotatable bonds is 25. The lowest BCUT2D eigenvalue weighted by Gasteiger charge is -2.20. The molecule has 0 aliphatic carbocycles. The highest BCUT2D eigenvalue weighted by Crippen LogP contribution is 2.09. The van der Waals surface area contributed by atoms with Crippen LogP contribution < -0.4 is 16.0 Å². The fourth-order valence-corrected chi connectivity index (χ4v) is 3.50. The van der Waals surface area contributed by atoms with Crippen LogP contribution in [0.2, 0.25) is 0 Å². The number of carbonyl (C=O) groups excluding carboxylic acids is 5. The number of carbonyl (C=O) groups is 6. The van der Waals surface area contributed by atoms with E-state index in [1.54, 1.807) is 0 Å². The summed E-state index contributed by atoms with van der Waals surface area (Å²) in [6, 6.07) is -0.793. The molecule has 12 nitrogen and oxygen atoms in total. The number of hydrogen-bond donors (Lipinski definition) is 4. The zero-order valence-corrected chi connectivity index (χ0v) is 21.8. The molecule has 0 bridgehead atoms. The van der Waals surface area contributed by atoms with Gasteiger partial charge in [-0.15, -0.1) is 0 Å². The first kappa shape index (κ1) is 33.8. The molecule has 0 rings (SSSR count). The van der Waals surface area contributed by atoms with E-state index < -0.39 is 24.5 Å². The summed E-state index contributed by atoms with van der Waals surface area (Å²) in [4.78, 5) is 67.6. The van der Waals surface area contributed by atoms with Crippen molar-refractivity contribution in [3.05, 3.63) is 0 Å². The number of ketones is 1. The molecule has 0 radical (unpaired) electrons. The molecule has 0 fully saturated rings. The van der Waals surface area contributed by atoms with Crippen molar-refractivity contribution in [2.75, 3.05) is 6.54 Å². The molecule has 0 aromatic carbocycles. The van der Waals surface area contributed by atoms with Crippen molar-refractivity contribution in [3.63, 3.8) is 0 Å². The minimum atomic E-state index is -1.14. The van der Waals surface area contributed by atoms with Gasteiger partial charge in [0.15, 0.2) is 12.5 Å². The number of urea groups is 1. The molecule has 0 spiro atoms. The van der Waals surface area contributed by atoms with Crippen LogP contribution in [0.25, 0.3) is 0 Å². The Morgan fingerprint density at radius 1 is 0.730 bits per heavy atom. The van der Waals surface area contributed by atoms with Crippen molar-refractivity contribution in [3.8, 4) is 0 Å². The Kier molecular flexibility index (Phi) is 21.2. The number of aliphatic carboxylic acids is 1. The first-order valence-electron chi connectivity index (χ1n) is 13.1. The van der Waals surface area contributed by atoms with Crippen molar-refractivity contribution < 1.29 is 43.3 Å². The van der Waals surface area contributed by atoms with Crippen LogP contribution in [-0.2, 0) is 33.4 Å². The molecule has 2 atom stereocenters. The third-order valence-electron chi connectivity index (χ3n) is 5.53. The summed E-state index contributed by atoms with van der Waals surface area (Å²) in [6.07, 6.45) is 7.29. The van der Waals surface area contributed by atoms with Crippen LogP contribution in [0.3, 0.4) is 0 Å². The normalized spacial score (nSPS) is 12.0. The van der Waals surface area contributed by atoms with Crippen molar-refractivity contribution in [1.29, 1.82) is 0 Å². The number of hydrogen-bond acceptors (Lipinski definition) is 8. The number of carboxylic acid groups (broad SMARTS) is 1. The van der Waals surface area contributed by atoms with E-state index in [9.17, 15) is 28.8 Å². The van der Waals surface area contributed by atoms with Crippen molar-refractivity contribution in [2.45, 2.75) is 116 Å². The molecule has 0 unspecified atom stereocenters. The van der Waals surface area contributed by atoms with Crippen molar-refractivity contribution >= 4 is 36.6 Å². The first-order chi connectivity index (χ1) is 17.8. The highest BCUT2D eigenvalue weighted by molar-refractivity contribution is 5.78. The Morgan fingerprint density at radius 3 is 1.86 bits per heavy atom. The summed E-state index contributed by atoms with van der Waals surface area (Å²) in [5.74, 6) is -0.830. The predicted molar refractivity (Wildman–Crippen MR) is 134 cm³/mol. The maximum absolute atomic E-state index is 12.1. The topological polar surface area (TPSA) is 177 Å². The molecule has 0 aromatic heterocycles.